The zero-order valence-corrected chi connectivity index (χ0v) is 20.6. The van der Waals surface area contributed by atoms with Gasteiger partial charge in [0.2, 0.25) is 20.0 Å². The summed E-state index contributed by atoms with van der Waals surface area (Å²) in [5.41, 5.74) is 1.51. The number of benzene rings is 2. The molecule has 0 saturated carbocycles. The Morgan fingerprint density at radius 2 is 1.70 bits per heavy atom. The molecule has 1 amide bonds. The van der Waals surface area contributed by atoms with Gasteiger partial charge in [-0.1, -0.05) is 6.07 Å². The Morgan fingerprint density at radius 1 is 1.06 bits per heavy atom. The lowest BCUT2D eigenvalue weighted by Gasteiger charge is -2.19. The van der Waals surface area contributed by atoms with Gasteiger partial charge in [0.25, 0.3) is 5.91 Å². The van der Waals surface area contributed by atoms with Gasteiger partial charge in [0.1, 0.15) is 12.4 Å². The molecule has 1 fully saturated rings. The normalized spacial score (nSPS) is 14.8. The summed E-state index contributed by atoms with van der Waals surface area (Å²) in [5, 5.41) is 2.73. The molecule has 0 atom stereocenters. The number of hydrogen-bond donors (Lipinski definition) is 1. The van der Waals surface area contributed by atoms with Gasteiger partial charge in [-0.25, -0.2) is 16.8 Å². The Hall–Kier alpha value is -2.63. The molecule has 2 aromatic rings. The summed E-state index contributed by atoms with van der Waals surface area (Å²) in [6.07, 6.45) is 2.86. The fourth-order valence-corrected chi connectivity index (χ4v) is 5.56. The van der Waals surface area contributed by atoms with Crippen LogP contribution in [-0.2, 0) is 20.0 Å². The highest BCUT2D eigenvalue weighted by Gasteiger charge is 2.27. The summed E-state index contributed by atoms with van der Waals surface area (Å²) in [6.45, 7) is 3.28. The van der Waals surface area contributed by atoms with Crippen LogP contribution in [0.5, 0.6) is 5.75 Å². The van der Waals surface area contributed by atoms with Gasteiger partial charge in [0.15, 0.2) is 0 Å². The zero-order chi connectivity index (χ0) is 24.2. The number of aryl methyl sites for hydroxylation is 1. The number of rotatable bonds is 9. The van der Waals surface area contributed by atoms with Crippen molar-refractivity contribution in [3.05, 3.63) is 53.6 Å². The van der Waals surface area contributed by atoms with Crippen molar-refractivity contribution in [2.45, 2.75) is 24.7 Å². The fourth-order valence-electron chi connectivity index (χ4n) is 3.49. The van der Waals surface area contributed by atoms with Crippen LogP contribution in [0, 0.1) is 6.92 Å². The van der Waals surface area contributed by atoms with E-state index in [0.29, 0.717) is 30.1 Å². The number of nitrogens with zero attached hydrogens (tertiary/aromatic N) is 2. The van der Waals surface area contributed by atoms with E-state index in [-0.39, 0.29) is 24.0 Å². The Labute approximate surface area is 195 Å². The summed E-state index contributed by atoms with van der Waals surface area (Å²) in [6, 6.07) is 11.1. The second-order valence-electron chi connectivity index (χ2n) is 7.92. The lowest BCUT2D eigenvalue weighted by Crippen LogP contribution is -2.29. The highest BCUT2D eigenvalue weighted by Crippen LogP contribution is 2.24. The van der Waals surface area contributed by atoms with E-state index >= 15 is 0 Å². The number of ether oxygens (including phenoxy) is 1. The van der Waals surface area contributed by atoms with E-state index in [0.717, 1.165) is 29.0 Å². The summed E-state index contributed by atoms with van der Waals surface area (Å²) < 4.78 is 57.0. The maximum absolute atomic E-state index is 12.6. The number of amides is 1. The third-order valence-electron chi connectivity index (χ3n) is 5.49. The van der Waals surface area contributed by atoms with Gasteiger partial charge < -0.3 is 10.1 Å². The average Bonchev–Trinajstić information content (AvgIpc) is 3.32. The van der Waals surface area contributed by atoms with Crippen LogP contribution in [0.4, 0.5) is 5.69 Å². The first-order valence-electron chi connectivity index (χ1n) is 10.6. The number of carbonyl (C=O) groups excluding carboxylic acids is 1. The maximum atomic E-state index is 12.6. The van der Waals surface area contributed by atoms with E-state index < -0.39 is 20.0 Å². The van der Waals surface area contributed by atoms with Crippen LogP contribution in [0.1, 0.15) is 28.8 Å². The summed E-state index contributed by atoms with van der Waals surface area (Å²) >= 11 is 0. The Bertz CT molecular complexity index is 1210. The third-order valence-corrected chi connectivity index (χ3v) is 8.60. The lowest BCUT2D eigenvalue weighted by molar-refractivity contribution is 0.0947. The van der Waals surface area contributed by atoms with Crippen LogP contribution >= 0.6 is 0 Å². The van der Waals surface area contributed by atoms with Crippen molar-refractivity contribution < 1.29 is 26.4 Å². The van der Waals surface area contributed by atoms with Gasteiger partial charge in [0.05, 0.1) is 23.4 Å². The first-order chi connectivity index (χ1) is 15.5. The van der Waals surface area contributed by atoms with Crippen molar-refractivity contribution in [2.75, 3.05) is 43.8 Å². The first-order valence-corrected chi connectivity index (χ1v) is 13.8. The fraction of sp³-hybridized carbons (Fsp3) is 0.409. The smallest absolute Gasteiger partial charge is 0.251 e. The van der Waals surface area contributed by atoms with Crippen molar-refractivity contribution >= 4 is 31.6 Å². The van der Waals surface area contributed by atoms with Crippen LogP contribution in [0.2, 0.25) is 0 Å². The van der Waals surface area contributed by atoms with Crippen molar-refractivity contribution in [1.29, 1.82) is 0 Å². The SMILES string of the molecule is Cc1ccc(C(=O)NCCOc2ccc(S(=O)(=O)N3CCCC3)cc2)cc1N(C)S(C)(=O)=O. The van der Waals surface area contributed by atoms with E-state index in [9.17, 15) is 21.6 Å². The predicted molar refractivity (Wildman–Crippen MR) is 127 cm³/mol. The number of sulfonamides is 2. The van der Waals surface area contributed by atoms with Gasteiger partial charge in [0, 0.05) is 25.7 Å². The first kappa shape index (κ1) is 25.0. The second-order valence-corrected chi connectivity index (χ2v) is 11.9. The molecule has 1 aliphatic rings. The Balaban J connectivity index is 1.53. The van der Waals surface area contributed by atoms with Gasteiger partial charge in [-0.05, 0) is 61.7 Å². The molecule has 1 N–H and O–H groups in total. The highest BCUT2D eigenvalue weighted by molar-refractivity contribution is 7.92. The Kier molecular flexibility index (Phi) is 7.65. The number of hydrogen-bond acceptors (Lipinski definition) is 6. The van der Waals surface area contributed by atoms with Crippen molar-refractivity contribution in [3.8, 4) is 5.75 Å². The van der Waals surface area contributed by atoms with Crippen molar-refractivity contribution in [2.24, 2.45) is 0 Å². The molecule has 180 valence electrons. The number of nitrogens with one attached hydrogen (secondary N) is 1. The number of anilines is 1. The molecule has 33 heavy (non-hydrogen) atoms. The molecule has 1 saturated heterocycles. The molecule has 11 heteroatoms. The Morgan fingerprint density at radius 3 is 2.30 bits per heavy atom. The lowest BCUT2D eigenvalue weighted by atomic mass is 10.1. The summed E-state index contributed by atoms with van der Waals surface area (Å²) in [4.78, 5) is 12.7. The molecule has 1 aliphatic heterocycles. The summed E-state index contributed by atoms with van der Waals surface area (Å²) in [5.74, 6) is 0.144. The van der Waals surface area contributed by atoms with Gasteiger partial charge in [-0.2, -0.15) is 4.31 Å². The molecule has 0 bridgehead atoms. The van der Waals surface area contributed by atoms with Gasteiger partial charge >= 0.3 is 0 Å². The molecule has 0 aliphatic carbocycles. The minimum Gasteiger partial charge on any atom is -0.492 e. The van der Waals surface area contributed by atoms with E-state index in [1.807, 2.05) is 0 Å². The molecular weight excluding hydrogens is 466 g/mol. The molecule has 2 aromatic carbocycles. The molecule has 1 heterocycles. The van der Waals surface area contributed by atoms with Crippen LogP contribution in [0.15, 0.2) is 47.4 Å². The van der Waals surface area contributed by atoms with E-state index in [1.54, 1.807) is 31.2 Å². The molecule has 0 radical (unpaired) electrons. The van der Waals surface area contributed by atoms with Crippen LogP contribution < -0.4 is 14.4 Å². The highest BCUT2D eigenvalue weighted by atomic mass is 32.2. The third kappa shape index (κ3) is 6.04. The standard InChI is InChI=1S/C22H29N3O6S2/c1-17-6-7-18(16-21(17)24(2)32(3,27)28)22(26)23-12-15-31-19-8-10-20(11-9-19)33(29,30)25-13-4-5-14-25/h6-11,16H,4-5,12-15H2,1-3H3,(H,23,26). The minimum atomic E-state index is -3.46. The minimum absolute atomic E-state index is 0.186. The van der Waals surface area contributed by atoms with Crippen molar-refractivity contribution in [1.82, 2.24) is 9.62 Å². The van der Waals surface area contributed by atoms with Crippen LogP contribution in [0.25, 0.3) is 0 Å². The molecule has 9 nitrogen and oxygen atoms in total. The monoisotopic (exact) mass is 495 g/mol. The molecule has 0 spiro atoms. The zero-order valence-electron chi connectivity index (χ0n) is 18.9. The van der Waals surface area contributed by atoms with Gasteiger partial charge in [-0.3, -0.25) is 9.10 Å². The van der Waals surface area contributed by atoms with Crippen LogP contribution in [0.3, 0.4) is 0 Å². The molecule has 0 unspecified atom stereocenters. The molecular formula is C22H29N3O6S2. The molecule has 0 aromatic heterocycles. The predicted octanol–water partition coefficient (Wildman–Crippen LogP) is 1.98. The quantitative estimate of drug-likeness (QED) is 0.533. The maximum Gasteiger partial charge on any atom is 0.251 e. The van der Waals surface area contributed by atoms with E-state index in [2.05, 4.69) is 5.32 Å². The summed E-state index contributed by atoms with van der Waals surface area (Å²) in [7, 11) is -5.47. The van der Waals surface area contributed by atoms with Crippen molar-refractivity contribution in [3.63, 3.8) is 0 Å². The largest absolute Gasteiger partial charge is 0.492 e. The topological polar surface area (TPSA) is 113 Å². The molecule has 3 rings (SSSR count). The number of carbonyl (C=O) groups is 1. The van der Waals surface area contributed by atoms with E-state index in [1.165, 1.54) is 29.6 Å². The second kappa shape index (κ2) is 10.1. The van der Waals surface area contributed by atoms with Crippen LogP contribution in [-0.4, -0.2) is 66.6 Å². The van der Waals surface area contributed by atoms with Gasteiger partial charge in [-0.15, -0.1) is 0 Å². The average molecular weight is 496 g/mol. The van der Waals surface area contributed by atoms with E-state index in [4.69, 9.17) is 4.74 Å².